The monoisotopic (exact) mass is 224 g/mol. The second-order valence-corrected chi connectivity index (χ2v) is 4.42. The second-order valence-electron chi connectivity index (χ2n) is 4.42. The number of halogens is 2. The van der Waals surface area contributed by atoms with E-state index in [9.17, 15) is 13.6 Å². The summed E-state index contributed by atoms with van der Waals surface area (Å²) >= 11 is 0. The normalized spacial score (nSPS) is 25.4. The third-order valence-electron chi connectivity index (χ3n) is 3.38. The zero-order valence-corrected chi connectivity index (χ0v) is 8.96. The lowest BCUT2D eigenvalue weighted by molar-refractivity contribution is -0.111. The molecule has 0 bridgehead atoms. The molecule has 1 aromatic rings. The third-order valence-corrected chi connectivity index (χ3v) is 3.38. The molecule has 0 radical (unpaired) electrons. The molecule has 86 valence electrons. The van der Waals surface area contributed by atoms with Crippen molar-refractivity contribution in [1.82, 2.24) is 0 Å². The van der Waals surface area contributed by atoms with Crippen LogP contribution in [0.4, 0.5) is 8.78 Å². The topological polar surface area (TPSA) is 17.1 Å². The molecular weight excluding hydrogens is 210 g/mol. The zero-order chi connectivity index (χ0) is 11.5. The molecule has 1 aromatic carbocycles. The minimum Gasteiger partial charge on any atom is -0.303 e. The Morgan fingerprint density at radius 1 is 1.06 bits per heavy atom. The molecule has 1 fully saturated rings. The van der Waals surface area contributed by atoms with Gasteiger partial charge < -0.3 is 4.79 Å². The number of carbonyl (C=O) groups excluding carboxylic acids is 1. The predicted molar refractivity (Wildman–Crippen MR) is 57.1 cm³/mol. The van der Waals surface area contributed by atoms with Crippen LogP contribution >= 0.6 is 0 Å². The van der Waals surface area contributed by atoms with Crippen LogP contribution in [0.15, 0.2) is 18.2 Å². The number of hydrogen-bond donors (Lipinski definition) is 0. The number of hydrogen-bond acceptors (Lipinski definition) is 1. The van der Waals surface area contributed by atoms with Crippen molar-refractivity contribution in [2.45, 2.75) is 31.6 Å². The molecule has 1 aliphatic rings. The smallest absolute Gasteiger partial charge is 0.159 e. The molecule has 0 atom stereocenters. The molecule has 0 aromatic heterocycles. The largest absolute Gasteiger partial charge is 0.303 e. The van der Waals surface area contributed by atoms with Crippen LogP contribution in [0.1, 0.15) is 37.2 Å². The van der Waals surface area contributed by atoms with E-state index in [4.69, 9.17) is 0 Å². The van der Waals surface area contributed by atoms with Crippen molar-refractivity contribution in [3.63, 3.8) is 0 Å². The fraction of sp³-hybridized carbons (Fsp3) is 0.462. The van der Waals surface area contributed by atoms with Gasteiger partial charge in [-0.2, -0.15) is 0 Å². The first-order valence-corrected chi connectivity index (χ1v) is 5.61. The quantitative estimate of drug-likeness (QED) is 0.703. The van der Waals surface area contributed by atoms with Crippen LogP contribution in [-0.4, -0.2) is 6.29 Å². The van der Waals surface area contributed by atoms with Gasteiger partial charge in [0.25, 0.3) is 0 Å². The number of benzene rings is 1. The summed E-state index contributed by atoms with van der Waals surface area (Å²) in [6.45, 7) is 0. The van der Waals surface area contributed by atoms with E-state index < -0.39 is 11.6 Å². The Hall–Kier alpha value is -1.25. The number of carbonyl (C=O) groups is 1. The lowest BCUT2D eigenvalue weighted by Crippen LogP contribution is -2.14. The van der Waals surface area contributed by atoms with Gasteiger partial charge in [0.05, 0.1) is 0 Å². The lowest BCUT2D eigenvalue weighted by Gasteiger charge is -2.25. The SMILES string of the molecule is O=CC1CCC(c2ccc(F)c(F)c2)CC1. The van der Waals surface area contributed by atoms with E-state index in [1.165, 1.54) is 12.1 Å². The van der Waals surface area contributed by atoms with Crippen molar-refractivity contribution in [3.8, 4) is 0 Å². The predicted octanol–water partition coefficient (Wildman–Crippen LogP) is 3.44. The van der Waals surface area contributed by atoms with Crippen LogP contribution in [0.5, 0.6) is 0 Å². The van der Waals surface area contributed by atoms with Crippen LogP contribution in [0, 0.1) is 17.6 Å². The van der Waals surface area contributed by atoms with Crippen LogP contribution in [0.25, 0.3) is 0 Å². The highest BCUT2D eigenvalue weighted by molar-refractivity contribution is 5.53. The molecule has 0 N–H and O–H groups in total. The summed E-state index contributed by atoms with van der Waals surface area (Å²) in [5.41, 5.74) is 0.850. The summed E-state index contributed by atoms with van der Waals surface area (Å²) in [6, 6.07) is 4.10. The van der Waals surface area contributed by atoms with Crippen molar-refractivity contribution < 1.29 is 13.6 Å². The average molecular weight is 224 g/mol. The fourth-order valence-electron chi connectivity index (χ4n) is 2.35. The Morgan fingerprint density at radius 2 is 1.75 bits per heavy atom. The maximum atomic E-state index is 13.0. The van der Waals surface area contributed by atoms with Crippen LogP contribution in [0.3, 0.4) is 0 Å². The minimum absolute atomic E-state index is 0.154. The Bertz CT molecular complexity index is 382. The van der Waals surface area contributed by atoms with Crippen LogP contribution < -0.4 is 0 Å². The lowest BCUT2D eigenvalue weighted by atomic mass is 9.79. The van der Waals surface area contributed by atoms with E-state index >= 15 is 0 Å². The summed E-state index contributed by atoms with van der Waals surface area (Å²) in [6.07, 6.45) is 4.48. The minimum atomic E-state index is -0.801. The molecule has 0 spiro atoms. The first kappa shape index (κ1) is 11.2. The third kappa shape index (κ3) is 2.29. The molecule has 0 aliphatic heterocycles. The van der Waals surface area contributed by atoms with Crippen LogP contribution in [0.2, 0.25) is 0 Å². The first-order valence-electron chi connectivity index (χ1n) is 5.61. The summed E-state index contributed by atoms with van der Waals surface area (Å²) < 4.78 is 25.8. The maximum absolute atomic E-state index is 13.0. The highest BCUT2D eigenvalue weighted by Gasteiger charge is 2.22. The molecule has 2 rings (SSSR count). The number of rotatable bonds is 2. The average Bonchev–Trinajstić information content (AvgIpc) is 2.33. The van der Waals surface area contributed by atoms with Crippen molar-refractivity contribution in [3.05, 3.63) is 35.4 Å². The molecule has 1 nitrogen and oxygen atoms in total. The van der Waals surface area contributed by atoms with Crippen molar-refractivity contribution in [2.24, 2.45) is 5.92 Å². The molecule has 0 unspecified atom stereocenters. The van der Waals surface area contributed by atoms with Gasteiger partial charge in [0.15, 0.2) is 11.6 Å². The zero-order valence-electron chi connectivity index (χ0n) is 8.96. The molecular formula is C13H14F2O. The van der Waals surface area contributed by atoms with E-state index in [2.05, 4.69) is 0 Å². The Labute approximate surface area is 93.5 Å². The van der Waals surface area contributed by atoms with Crippen molar-refractivity contribution >= 4 is 6.29 Å². The Morgan fingerprint density at radius 3 is 2.31 bits per heavy atom. The molecule has 16 heavy (non-hydrogen) atoms. The highest BCUT2D eigenvalue weighted by Crippen LogP contribution is 2.35. The molecule has 1 saturated carbocycles. The van der Waals surface area contributed by atoms with Gasteiger partial charge in [-0.05, 0) is 49.3 Å². The molecule has 3 heteroatoms. The van der Waals surface area contributed by atoms with Gasteiger partial charge in [-0.3, -0.25) is 0 Å². The van der Waals surface area contributed by atoms with Crippen LogP contribution in [-0.2, 0) is 4.79 Å². The maximum Gasteiger partial charge on any atom is 0.159 e. The van der Waals surface area contributed by atoms with E-state index in [1.807, 2.05) is 0 Å². The van der Waals surface area contributed by atoms with Gasteiger partial charge >= 0.3 is 0 Å². The molecule has 0 heterocycles. The molecule has 0 saturated heterocycles. The summed E-state index contributed by atoms with van der Waals surface area (Å²) in [4.78, 5) is 10.6. The van der Waals surface area contributed by atoms with E-state index in [0.29, 0.717) is 0 Å². The van der Waals surface area contributed by atoms with Gasteiger partial charge in [0.2, 0.25) is 0 Å². The van der Waals surface area contributed by atoms with Crippen molar-refractivity contribution in [2.75, 3.05) is 0 Å². The van der Waals surface area contributed by atoms with E-state index in [1.54, 1.807) is 6.07 Å². The van der Waals surface area contributed by atoms with Gasteiger partial charge in [-0.25, -0.2) is 8.78 Å². The van der Waals surface area contributed by atoms with Gasteiger partial charge in [-0.1, -0.05) is 6.07 Å². The summed E-state index contributed by atoms with van der Waals surface area (Å²) in [5, 5.41) is 0. The fourth-order valence-corrected chi connectivity index (χ4v) is 2.35. The van der Waals surface area contributed by atoms with Gasteiger partial charge in [0, 0.05) is 5.92 Å². The van der Waals surface area contributed by atoms with Gasteiger partial charge in [-0.15, -0.1) is 0 Å². The Kier molecular flexibility index (Phi) is 3.32. The summed E-state index contributed by atoms with van der Waals surface area (Å²) in [7, 11) is 0. The molecule has 0 amide bonds. The Balaban J connectivity index is 2.08. The first-order chi connectivity index (χ1) is 7.70. The summed E-state index contributed by atoms with van der Waals surface area (Å²) in [5.74, 6) is -1.16. The van der Waals surface area contributed by atoms with Crippen molar-refractivity contribution in [1.29, 1.82) is 0 Å². The number of aldehydes is 1. The highest BCUT2D eigenvalue weighted by atomic mass is 19.2. The van der Waals surface area contributed by atoms with E-state index in [-0.39, 0.29) is 11.8 Å². The van der Waals surface area contributed by atoms with Gasteiger partial charge in [0.1, 0.15) is 6.29 Å². The second kappa shape index (κ2) is 4.73. The standard InChI is InChI=1S/C13H14F2O/c14-12-6-5-11(7-13(12)15)10-3-1-9(8-16)2-4-10/h5-10H,1-4H2. The molecule has 1 aliphatic carbocycles. The van der Waals surface area contributed by atoms with E-state index in [0.717, 1.165) is 37.5 Å².